The summed E-state index contributed by atoms with van der Waals surface area (Å²) in [4.78, 5) is 16.7. The first-order valence-corrected chi connectivity index (χ1v) is 7.22. The predicted octanol–water partition coefficient (Wildman–Crippen LogP) is 2.15. The quantitative estimate of drug-likeness (QED) is 0.587. The molecule has 0 bridgehead atoms. The number of rotatable bonds is 2. The zero-order valence-corrected chi connectivity index (χ0v) is 12.5. The zero-order chi connectivity index (χ0) is 16.0. The van der Waals surface area contributed by atoms with Gasteiger partial charge in [-0.1, -0.05) is 12.1 Å². The first-order valence-electron chi connectivity index (χ1n) is 7.22. The molecule has 0 fully saturated rings. The van der Waals surface area contributed by atoms with E-state index in [4.69, 9.17) is 11.5 Å². The standard InChI is InChI=1S/C16H15N7/c1-9(23-5-4-12-14(17)20-8-21-15(12)23)10-2-3-11-7-19-16(18)22-13(11)6-10/h2-9H,1H3,(H2,17,20,21)(H2,18,19,22). The SMILES string of the molecule is CC(c1ccc2cnc(N)nc2c1)n1ccc2c(N)ncnc21. The molecule has 0 spiro atoms. The molecule has 7 nitrogen and oxygen atoms in total. The fourth-order valence-corrected chi connectivity index (χ4v) is 2.78. The van der Waals surface area contributed by atoms with Crippen molar-refractivity contribution in [2.24, 2.45) is 0 Å². The maximum absolute atomic E-state index is 5.90. The van der Waals surface area contributed by atoms with E-state index in [2.05, 4.69) is 37.5 Å². The molecule has 23 heavy (non-hydrogen) atoms. The number of nitrogens with two attached hydrogens (primary N) is 2. The van der Waals surface area contributed by atoms with Gasteiger partial charge in [0, 0.05) is 17.8 Å². The summed E-state index contributed by atoms with van der Waals surface area (Å²) in [6, 6.07) is 8.08. The highest BCUT2D eigenvalue weighted by atomic mass is 15.1. The maximum Gasteiger partial charge on any atom is 0.220 e. The molecule has 114 valence electrons. The van der Waals surface area contributed by atoms with Crippen molar-refractivity contribution >= 4 is 33.7 Å². The molecule has 4 rings (SSSR count). The Balaban J connectivity index is 1.84. The smallest absolute Gasteiger partial charge is 0.220 e. The van der Waals surface area contributed by atoms with Gasteiger partial charge in [-0.05, 0) is 24.6 Å². The van der Waals surface area contributed by atoms with Crippen molar-refractivity contribution in [1.29, 1.82) is 0 Å². The van der Waals surface area contributed by atoms with Crippen LogP contribution in [0.1, 0.15) is 18.5 Å². The van der Waals surface area contributed by atoms with E-state index < -0.39 is 0 Å². The van der Waals surface area contributed by atoms with E-state index in [1.165, 1.54) is 6.33 Å². The van der Waals surface area contributed by atoms with Crippen LogP contribution in [-0.4, -0.2) is 24.5 Å². The fraction of sp³-hybridized carbons (Fsp3) is 0.125. The van der Waals surface area contributed by atoms with Gasteiger partial charge in [0.2, 0.25) is 5.95 Å². The molecule has 4 N–H and O–H groups in total. The lowest BCUT2D eigenvalue weighted by molar-refractivity contribution is 0.658. The Hall–Kier alpha value is -3.22. The molecule has 1 aromatic carbocycles. The number of benzene rings is 1. The van der Waals surface area contributed by atoms with Crippen molar-refractivity contribution in [2.75, 3.05) is 11.5 Å². The van der Waals surface area contributed by atoms with Crippen LogP contribution in [0.4, 0.5) is 11.8 Å². The number of fused-ring (bicyclic) bond motifs is 2. The van der Waals surface area contributed by atoms with Crippen LogP contribution in [0, 0.1) is 0 Å². The van der Waals surface area contributed by atoms with Gasteiger partial charge in [0.25, 0.3) is 0 Å². The van der Waals surface area contributed by atoms with E-state index in [-0.39, 0.29) is 12.0 Å². The van der Waals surface area contributed by atoms with Crippen molar-refractivity contribution in [3.8, 4) is 0 Å². The molecule has 7 heteroatoms. The molecule has 0 amide bonds. The Morgan fingerprint density at radius 2 is 1.96 bits per heavy atom. The topological polar surface area (TPSA) is 109 Å². The average Bonchev–Trinajstić information content (AvgIpc) is 2.99. The molecule has 1 unspecified atom stereocenters. The van der Waals surface area contributed by atoms with Crippen LogP contribution in [0.25, 0.3) is 21.9 Å². The van der Waals surface area contributed by atoms with Crippen LogP contribution in [0.15, 0.2) is 43.0 Å². The summed E-state index contributed by atoms with van der Waals surface area (Å²) in [5.41, 5.74) is 14.3. The first-order chi connectivity index (χ1) is 11.1. The van der Waals surface area contributed by atoms with E-state index in [0.29, 0.717) is 5.82 Å². The molecule has 1 atom stereocenters. The van der Waals surface area contributed by atoms with E-state index in [9.17, 15) is 0 Å². The molecular weight excluding hydrogens is 290 g/mol. The Labute approximate surface area is 132 Å². The van der Waals surface area contributed by atoms with Crippen LogP contribution >= 0.6 is 0 Å². The lowest BCUT2D eigenvalue weighted by atomic mass is 10.1. The maximum atomic E-state index is 5.90. The third kappa shape index (κ3) is 2.13. The third-order valence-corrected chi connectivity index (χ3v) is 4.07. The second-order valence-corrected chi connectivity index (χ2v) is 5.44. The van der Waals surface area contributed by atoms with Gasteiger partial charge in [0.1, 0.15) is 17.8 Å². The summed E-state index contributed by atoms with van der Waals surface area (Å²) in [6.45, 7) is 2.10. The molecular formula is C16H15N7. The van der Waals surface area contributed by atoms with Crippen LogP contribution in [0.2, 0.25) is 0 Å². The van der Waals surface area contributed by atoms with Crippen LogP contribution in [0.5, 0.6) is 0 Å². The van der Waals surface area contributed by atoms with Gasteiger partial charge in [-0.3, -0.25) is 0 Å². The Morgan fingerprint density at radius 1 is 1.09 bits per heavy atom. The van der Waals surface area contributed by atoms with Gasteiger partial charge in [0.15, 0.2) is 0 Å². The summed E-state index contributed by atoms with van der Waals surface area (Å²) in [5, 5.41) is 1.81. The first kappa shape index (κ1) is 13.4. The molecule has 0 aliphatic heterocycles. The van der Waals surface area contributed by atoms with Gasteiger partial charge in [0.05, 0.1) is 16.9 Å². The van der Waals surface area contributed by atoms with Crippen molar-refractivity contribution in [2.45, 2.75) is 13.0 Å². The minimum atomic E-state index is 0.0717. The molecule has 3 aromatic heterocycles. The van der Waals surface area contributed by atoms with Gasteiger partial charge in [-0.15, -0.1) is 0 Å². The lowest BCUT2D eigenvalue weighted by Crippen LogP contribution is -2.07. The van der Waals surface area contributed by atoms with Gasteiger partial charge >= 0.3 is 0 Å². The van der Waals surface area contributed by atoms with Crippen molar-refractivity contribution in [3.05, 3.63) is 48.5 Å². The van der Waals surface area contributed by atoms with Crippen molar-refractivity contribution in [3.63, 3.8) is 0 Å². The van der Waals surface area contributed by atoms with Gasteiger partial charge < -0.3 is 16.0 Å². The number of hydrogen-bond donors (Lipinski definition) is 2. The summed E-state index contributed by atoms with van der Waals surface area (Å²) >= 11 is 0. The molecule has 0 radical (unpaired) electrons. The number of aromatic nitrogens is 5. The van der Waals surface area contributed by atoms with Gasteiger partial charge in [-0.25, -0.2) is 19.9 Å². The average molecular weight is 305 g/mol. The number of nitrogen functional groups attached to an aromatic ring is 2. The third-order valence-electron chi connectivity index (χ3n) is 4.07. The Morgan fingerprint density at radius 3 is 2.83 bits per heavy atom. The highest BCUT2D eigenvalue weighted by Gasteiger charge is 2.14. The minimum absolute atomic E-state index is 0.0717. The van der Waals surface area contributed by atoms with Crippen LogP contribution < -0.4 is 11.5 Å². The number of nitrogens with zero attached hydrogens (tertiary/aromatic N) is 5. The lowest BCUT2D eigenvalue weighted by Gasteiger charge is -2.15. The number of hydrogen-bond acceptors (Lipinski definition) is 6. The monoisotopic (exact) mass is 305 g/mol. The van der Waals surface area contributed by atoms with Crippen molar-refractivity contribution < 1.29 is 0 Å². The zero-order valence-electron chi connectivity index (χ0n) is 12.5. The molecule has 0 saturated carbocycles. The largest absolute Gasteiger partial charge is 0.383 e. The van der Waals surface area contributed by atoms with Gasteiger partial charge in [-0.2, -0.15) is 0 Å². The van der Waals surface area contributed by atoms with E-state index in [1.54, 1.807) is 6.20 Å². The van der Waals surface area contributed by atoms with Crippen LogP contribution in [-0.2, 0) is 0 Å². The highest BCUT2D eigenvalue weighted by molar-refractivity contribution is 5.86. The van der Waals surface area contributed by atoms with E-state index in [0.717, 1.165) is 27.5 Å². The van der Waals surface area contributed by atoms with Crippen LogP contribution in [0.3, 0.4) is 0 Å². The normalized spacial score (nSPS) is 12.7. The molecule has 3 heterocycles. The minimum Gasteiger partial charge on any atom is -0.383 e. The molecule has 4 aromatic rings. The Kier molecular flexibility index (Phi) is 2.87. The summed E-state index contributed by atoms with van der Waals surface area (Å²) < 4.78 is 2.07. The predicted molar refractivity (Wildman–Crippen MR) is 89.7 cm³/mol. The summed E-state index contributed by atoms with van der Waals surface area (Å²) in [6.07, 6.45) is 5.18. The van der Waals surface area contributed by atoms with E-state index >= 15 is 0 Å². The second kappa shape index (κ2) is 4.91. The van der Waals surface area contributed by atoms with Crippen molar-refractivity contribution in [1.82, 2.24) is 24.5 Å². The molecule has 0 aliphatic rings. The summed E-state index contributed by atoms with van der Waals surface area (Å²) in [5.74, 6) is 0.759. The molecule has 0 aliphatic carbocycles. The second-order valence-electron chi connectivity index (χ2n) is 5.44. The number of anilines is 2. The summed E-state index contributed by atoms with van der Waals surface area (Å²) in [7, 11) is 0. The Bertz CT molecular complexity index is 1020. The molecule has 0 saturated heterocycles. The fourth-order valence-electron chi connectivity index (χ4n) is 2.78. The highest BCUT2D eigenvalue weighted by Crippen LogP contribution is 2.27. The van der Waals surface area contributed by atoms with E-state index in [1.807, 2.05) is 24.4 Å².